The van der Waals surface area contributed by atoms with Gasteiger partial charge in [-0.1, -0.05) is 23.7 Å². The normalized spacial score (nSPS) is 20.7. The van der Waals surface area contributed by atoms with Crippen LogP contribution in [0.25, 0.3) is 0 Å². The van der Waals surface area contributed by atoms with Gasteiger partial charge in [0.25, 0.3) is 0 Å². The number of nitrogens with one attached hydrogen (secondary N) is 1. The monoisotopic (exact) mass is 268 g/mol. The van der Waals surface area contributed by atoms with E-state index in [1.165, 1.54) is 7.11 Å². The average Bonchev–Trinajstić information content (AvgIpc) is 2.41. The first-order chi connectivity index (χ1) is 8.70. The van der Waals surface area contributed by atoms with Gasteiger partial charge < -0.3 is 10.1 Å². The zero-order valence-corrected chi connectivity index (χ0v) is 11.1. The molecule has 1 aromatic carbocycles. The minimum absolute atomic E-state index is 0.184. The van der Waals surface area contributed by atoms with Gasteiger partial charge >= 0.3 is 5.97 Å². The van der Waals surface area contributed by atoms with Crippen LogP contribution in [0.15, 0.2) is 24.3 Å². The lowest BCUT2D eigenvalue weighted by molar-refractivity contribution is -0.147. The number of methoxy groups -OCH3 is 1. The minimum atomic E-state index is -0.209. The predicted octanol–water partition coefficient (Wildman–Crippen LogP) is 1.29. The molecule has 98 valence electrons. The predicted molar refractivity (Wildman–Crippen MR) is 70.5 cm³/mol. The van der Waals surface area contributed by atoms with Gasteiger partial charge in [0.1, 0.15) is 6.04 Å². The number of carbonyl (C=O) groups excluding carboxylic acids is 1. The average molecular weight is 269 g/mol. The first kappa shape index (κ1) is 13.3. The summed E-state index contributed by atoms with van der Waals surface area (Å²) in [7, 11) is 1.43. The van der Waals surface area contributed by atoms with Gasteiger partial charge in [0.15, 0.2) is 0 Å². The zero-order valence-electron chi connectivity index (χ0n) is 10.4. The van der Waals surface area contributed by atoms with Crippen LogP contribution in [0.4, 0.5) is 0 Å². The number of halogens is 1. The van der Waals surface area contributed by atoms with Crippen molar-refractivity contribution in [1.29, 1.82) is 0 Å². The van der Waals surface area contributed by atoms with Crippen molar-refractivity contribution >= 4 is 17.6 Å². The van der Waals surface area contributed by atoms with Crippen molar-refractivity contribution in [3.63, 3.8) is 0 Å². The second-order valence-corrected chi connectivity index (χ2v) is 4.78. The smallest absolute Gasteiger partial charge is 0.324 e. The Hall–Kier alpha value is -1.10. The number of rotatable bonds is 3. The molecule has 1 aliphatic heterocycles. The number of hydrogen-bond acceptors (Lipinski definition) is 4. The van der Waals surface area contributed by atoms with E-state index in [0.29, 0.717) is 6.54 Å². The molecular formula is C13H17ClN2O2. The Bertz CT molecular complexity index is 408. The molecule has 1 saturated heterocycles. The quantitative estimate of drug-likeness (QED) is 0.839. The lowest BCUT2D eigenvalue weighted by atomic mass is 10.1. The Morgan fingerprint density at radius 3 is 2.89 bits per heavy atom. The molecule has 1 aromatic rings. The highest BCUT2D eigenvalue weighted by atomic mass is 35.5. The highest BCUT2D eigenvalue weighted by molar-refractivity contribution is 6.30. The van der Waals surface area contributed by atoms with Crippen molar-refractivity contribution in [3.8, 4) is 0 Å². The fraction of sp³-hybridized carbons (Fsp3) is 0.462. The number of piperazine rings is 1. The highest BCUT2D eigenvalue weighted by Gasteiger charge is 2.29. The number of esters is 1. The Morgan fingerprint density at radius 2 is 2.22 bits per heavy atom. The first-order valence-electron chi connectivity index (χ1n) is 5.98. The van der Waals surface area contributed by atoms with Crippen molar-refractivity contribution in [2.24, 2.45) is 0 Å². The number of ether oxygens (including phenoxy) is 1. The van der Waals surface area contributed by atoms with Crippen LogP contribution >= 0.6 is 11.6 Å². The molecule has 1 heterocycles. The molecule has 0 unspecified atom stereocenters. The van der Waals surface area contributed by atoms with E-state index in [0.717, 1.165) is 30.2 Å². The number of carbonyl (C=O) groups is 1. The molecule has 5 heteroatoms. The summed E-state index contributed by atoms with van der Waals surface area (Å²) < 4.78 is 4.84. The molecule has 2 rings (SSSR count). The van der Waals surface area contributed by atoms with Crippen LogP contribution in [-0.4, -0.2) is 43.7 Å². The molecule has 1 aliphatic rings. The van der Waals surface area contributed by atoms with Crippen molar-refractivity contribution in [2.45, 2.75) is 12.6 Å². The molecule has 1 N–H and O–H groups in total. The van der Waals surface area contributed by atoms with Crippen LogP contribution in [0, 0.1) is 0 Å². The molecule has 18 heavy (non-hydrogen) atoms. The molecule has 0 spiro atoms. The van der Waals surface area contributed by atoms with Crippen molar-refractivity contribution < 1.29 is 9.53 Å². The summed E-state index contributed by atoms with van der Waals surface area (Å²) in [4.78, 5) is 13.8. The fourth-order valence-corrected chi connectivity index (χ4v) is 2.25. The van der Waals surface area contributed by atoms with Crippen LogP contribution < -0.4 is 5.32 Å². The molecule has 0 radical (unpaired) electrons. The zero-order chi connectivity index (χ0) is 13.0. The Kier molecular flexibility index (Phi) is 4.58. The van der Waals surface area contributed by atoms with Gasteiger partial charge in [-0.2, -0.15) is 0 Å². The van der Waals surface area contributed by atoms with E-state index >= 15 is 0 Å². The summed E-state index contributed by atoms with van der Waals surface area (Å²) in [5.41, 5.74) is 1.15. The van der Waals surface area contributed by atoms with Crippen LogP contribution in [0.2, 0.25) is 5.02 Å². The second-order valence-electron chi connectivity index (χ2n) is 4.34. The summed E-state index contributed by atoms with van der Waals surface area (Å²) in [5.74, 6) is -0.184. The minimum Gasteiger partial charge on any atom is -0.468 e. The largest absolute Gasteiger partial charge is 0.468 e. The molecule has 0 aliphatic carbocycles. The number of hydrogen-bond donors (Lipinski definition) is 1. The van der Waals surface area contributed by atoms with Gasteiger partial charge in [-0.05, 0) is 17.7 Å². The third-order valence-corrected chi connectivity index (χ3v) is 3.38. The fourth-order valence-electron chi connectivity index (χ4n) is 2.13. The molecule has 0 bridgehead atoms. The summed E-state index contributed by atoms with van der Waals surface area (Å²) in [6.07, 6.45) is 0. The molecular weight excluding hydrogens is 252 g/mol. The summed E-state index contributed by atoms with van der Waals surface area (Å²) in [6, 6.07) is 7.50. The third-order valence-electron chi connectivity index (χ3n) is 3.13. The van der Waals surface area contributed by atoms with Crippen molar-refractivity contribution in [2.75, 3.05) is 26.7 Å². The van der Waals surface area contributed by atoms with E-state index < -0.39 is 0 Å². The van der Waals surface area contributed by atoms with E-state index in [9.17, 15) is 4.79 Å². The lowest BCUT2D eigenvalue weighted by Gasteiger charge is -2.34. The SMILES string of the molecule is COC(=O)[C@H]1CNCCN1Cc1ccc(Cl)cc1. The number of nitrogens with zero attached hydrogens (tertiary/aromatic N) is 1. The Labute approximate surface area is 112 Å². The van der Waals surface area contributed by atoms with Gasteiger partial charge in [-0.3, -0.25) is 9.69 Å². The van der Waals surface area contributed by atoms with Gasteiger partial charge in [0.05, 0.1) is 7.11 Å². The molecule has 4 nitrogen and oxygen atoms in total. The molecule has 0 saturated carbocycles. The van der Waals surface area contributed by atoms with Crippen molar-refractivity contribution in [1.82, 2.24) is 10.2 Å². The molecule has 1 atom stereocenters. The standard InChI is InChI=1S/C13H17ClN2O2/c1-18-13(17)12-8-15-6-7-16(12)9-10-2-4-11(14)5-3-10/h2-5,12,15H,6-9H2,1H3/t12-/m1/s1. The lowest BCUT2D eigenvalue weighted by Crippen LogP contribution is -2.54. The van der Waals surface area contributed by atoms with E-state index in [1.807, 2.05) is 24.3 Å². The Morgan fingerprint density at radius 1 is 1.50 bits per heavy atom. The highest BCUT2D eigenvalue weighted by Crippen LogP contribution is 2.14. The maximum absolute atomic E-state index is 11.7. The maximum atomic E-state index is 11.7. The molecule has 1 fully saturated rings. The van der Waals surface area contributed by atoms with Crippen LogP contribution in [0.1, 0.15) is 5.56 Å². The van der Waals surface area contributed by atoms with E-state index in [2.05, 4.69) is 10.2 Å². The topological polar surface area (TPSA) is 41.6 Å². The van der Waals surface area contributed by atoms with Gasteiger partial charge in [-0.25, -0.2) is 0 Å². The summed E-state index contributed by atoms with van der Waals surface area (Å²) >= 11 is 5.86. The van der Waals surface area contributed by atoms with Crippen LogP contribution in [-0.2, 0) is 16.1 Å². The maximum Gasteiger partial charge on any atom is 0.324 e. The van der Waals surface area contributed by atoms with Crippen molar-refractivity contribution in [3.05, 3.63) is 34.9 Å². The third kappa shape index (κ3) is 3.22. The van der Waals surface area contributed by atoms with Crippen LogP contribution in [0.5, 0.6) is 0 Å². The summed E-state index contributed by atoms with van der Waals surface area (Å²) in [5, 5.41) is 3.94. The second kappa shape index (κ2) is 6.18. The molecule has 0 aromatic heterocycles. The number of benzene rings is 1. The van der Waals surface area contributed by atoms with Gasteiger partial charge in [0.2, 0.25) is 0 Å². The Balaban J connectivity index is 2.05. The summed E-state index contributed by atoms with van der Waals surface area (Å²) in [6.45, 7) is 3.10. The van der Waals surface area contributed by atoms with Crippen LogP contribution in [0.3, 0.4) is 0 Å². The van der Waals surface area contributed by atoms with E-state index in [1.54, 1.807) is 0 Å². The molecule has 0 amide bonds. The van der Waals surface area contributed by atoms with E-state index in [4.69, 9.17) is 16.3 Å². The van der Waals surface area contributed by atoms with E-state index in [-0.39, 0.29) is 12.0 Å². The van der Waals surface area contributed by atoms with Gasteiger partial charge in [0, 0.05) is 31.2 Å². The first-order valence-corrected chi connectivity index (χ1v) is 6.35. The van der Waals surface area contributed by atoms with Gasteiger partial charge in [-0.15, -0.1) is 0 Å².